The molecule has 0 radical (unpaired) electrons. The van der Waals surface area contributed by atoms with Crippen molar-refractivity contribution in [2.75, 3.05) is 0 Å². The SMILES string of the molecule is O=C=NC(=O)CCCCCCCCCCCCC(=O)N=C=O. The number of hydrogen-bond donors (Lipinski definition) is 0. The van der Waals surface area contributed by atoms with E-state index in [1.54, 1.807) is 0 Å². The monoisotopic (exact) mass is 308 g/mol. The number of aliphatic imine (C=N–C) groups is 2. The number of rotatable bonds is 13. The molecule has 0 aliphatic carbocycles. The highest BCUT2D eigenvalue weighted by atomic mass is 16.2. The lowest BCUT2D eigenvalue weighted by Crippen LogP contribution is -1.92. The first kappa shape index (κ1) is 20.1. The molecule has 0 saturated heterocycles. The topological polar surface area (TPSA) is 93.0 Å². The number of isocyanates is 2. The molecule has 2 amide bonds. The summed E-state index contributed by atoms with van der Waals surface area (Å²) in [5.74, 6) is -0.764. The molecule has 0 aliphatic heterocycles. The number of unbranched alkanes of at least 4 members (excludes halogenated alkanes) is 9. The summed E-state index contributed by atoms with van der Waals surface area (Å²) >= 11 is 0. The summed E-state index contributed by atoms with van der Waals surface area (Å²) in [5, 5.41) is 0. The highest BCUT2D eigenvalue weighted by Crippen LogP contribution is 2.12. The summed E-state index contributed by atoms with van der Waals surface area (Å²) in [5.41, 5.74) is 0. The van der Waals surface area contributed by atoms with Gasteiger partial charge in [-0.25, -0.2) is 9.59 Å². The minimum absolute atomic E-state index is 0.335. The molecular weight excluding hydrogens is 284 g/mol. The van der Waals surface area contributed by atoms with E-state index in [-0.39, 0.29) is 11.8 Å². The standard InChI is InChI=1S/C16H24N2O4/c19-13-17-15(21)11-9-7-5-3-1-2-4-6-8-10-12-16(22)18-14-20/h1-12H2. The van der Waals surface area contributed by atoms with Gasteiger partial charge in [-0.1, -0.05) is 51.4 Å². The van der Waals surface area contributed by atoms with Gasteiger partial charge in [-0.15, -0.1) is 9.98 Å². The molecule has 6 nitrogen and oxygen atoms in total. The second-order valence-corrected chi connectivity index (χ2v) is 5.23. The summed E-state index contributed by atoms with van der Waals surface area (Å²) in [6, 6.07) is 0. The van der Waals surface area contributed by atoms with Crippen LogP contribution in [-0.2, 0) is 19.2 Å². The van der Waals surface area contributed by atoms with Crippen LogP contribution in [-0.4, -0.2) is 24.0 Å². The molecule has 0 bridgehead atoms. The molecular formula is C16H24N2O4. The van der Waals surface area contributed by atoms with Gasteiger partial charge in [-0.05, 0) is 12.8 Å². The number of hydrogen-bond acceptors (Lipinski definition) is 4. The normalized spacial score (nSPS) is 9.64. The van der Waals surface area contributed by atoms with Gasteiger partial charge in [-0.2, -0.15) is 0 Å². The highest BCUT2D eigenvalue weighted by molar-refractivity contribution is 5.81. The number of nitrogens with zero attached hydrogens (tertiary/aromatic N) is 2. The average Bonchev–Trinajstić information content (AvgIpc) is 2.49. The number of carbonyl (C=O) groups excluding carboxylic acids is 4. The van der Waals surface area contributed by atoms with Gasteiger partial charge in [-0.3, -0.25) is 9.59 Å². The molecule has 0 aromatic carbocycles. The third-order valence-corrected chi connectivity index (χ3v) is 3.37. The Morgan fingerprint density at radius 2 is 0.818 bits per heavy atom. The zero-order valence-corrected chi connectivity index (χ0v) is 13.0. The Morgan fingerprint density at radius 3 is 1.09 bits per heavy atom. The van der Waals surface area contributed by atoms with Crippen LogP contribution in [0.5, 0.6) is 0 Å². The largest absolute Gasteiger partial charge is 0.272 e. The molecule has 0 N–H and O–H groups in total. The molecule has 0 fully saturated rings. The summed E-state index contributed by atoms with van der Waals surface area (Å²) in [4.78, 5) is 47.6. The van der Waals surface area contributed by atoms with Crippen molar-refractivity contribution in [1.29, 1.82) is 0 Å². The van der Waals surface area contributed by atoms with Crippen molar-refractivity contribution in [3.8, 4) is 0 Å². The fourth-order valence-corrected chi connectivity index (χ4v) is 2.18. The molecule has 0 aromatic rings. The van der Waals surface area contributed by atoms with E-state index in [4.69, 9.17) is 0 Å². The van der Waals surface area contributed by atoms with E-state index < -0.39 is 0 Å². The molecule has 0 heterocycles. The summed E-state index contributed by atoms with van der Waals surface area (Å²) in [6.07, 6.45) is 13.5. The zero-order chi connectivity index (χ0) is 16.5. The van der Waals surface area contributed by atoms with E-state index in [2.05, 4.69) is 9.98 Å². The Balaban J connectivity index is 3.20. The molecule has 0 aromatic heterocycles. The van der Waals surface area contributed by atoms with E-state index >= 15 is 0 Å². The first-order chi connectivity index (χ1) is 10.7. The van der Waals surface area contributed by atoms with Gasteiger partial charge in [0.05, 0.1) is 0 Å². The van der Waals surface area contributed by atoms with Crippen LogP contribution in [0.15, 0.2) is 9.98 Å². The highest BCUT2D eigenvalue weighted by Gasteiger charge is 1.99. The Hall–Kier alpha value is -1.90. The first-order valence-corrected chi connectivity index (χ1v) is 7.92. The summed E-state index contributed by atoms with van der Waals surface area (Å²) in [7, 11) is 0. The maximum Gasteiger partial charge on any atom is 0.256 e. The minimum atomic E-state index is -0.382. The lowest BCUT2D eigenvalue weighted by Gasteiger charge is -2.01. The van der Waals surface area contributed by atoms with Crippen LogP contribution in [0.4, 0.5) is 0 Å². The molecule has 0 spiro atoms. The molecule has 0 aliphatic rings. The molecule has 6 heteroatoms. The quantitative estimate of drug-likeness (QED) is 0.296. The molecule has 0 unspecified atom stereocenters. The van der Waals surface area contributed by atoms with Crippen LogP contribution in [0.1, 0.15) is 77.0 Å². The number of carbonyl (C=O) groups is 2. The third-order valence-electron chi connectivity index (χ3n) is 3.37. The second kappa shape index (κ2) is 15.5. The molecule has 0 rings (SSSR count). The minimum Gasteiger partial charge on any atom is -0.272 e. The van der Waals surface area contributed by atoms with Gasteiger partial charge in [0.1, 0.15) is 0 Å². The lowest BCUT2D eigenvalue weighted by molar-refractivity contribution is -0.118. The van der Waals surface area contributed by atoms with Crippen molar-refractivity contribution >= 4 is 24.0 Å². The average molecular weight is 308 g/mol. The molecule has 122 valence electrons. The maximum absolute atomic E-state index is 10.9. The summed E-state index contributed by atoms with van der Waals surface area (Å²) < 4.78 is 0. The molecule has 0 saturated carbocycles. The van der Waals surface area contributed by atoms with Gasteiger partial charge in [0.25, 0.3) is 11.8 Å². The summed E-state index contributed by atoms with van der Waals surface area (Å²) in [6.45, 7) is 0. The fourth-order valence-electron chi connectivity index (χ4n) is 2.18. The predicted molar refractivity (Wildman–Crippen MR) is 81.7 cm³/mol. The smallest absolute Gasteiger partial charge is 0.256 e. The lowest BCUT2D eigenvalue weighted by atomic mass is 10.1. The third kappa shape index (κ3) is 14.5. The Labute approximate surface area is 131 Å². The van der Waals surface area contributed by atoms with E-state index in [0.29, 0.717) is 12.8 Å². The van der Waals surface area contributed by atoms with Crippen LogP contribution in [0.25, 0.3) is 0 Å². The van der Waals surface area contributed by atoms with Crippen molar-refractivity contribution in [1.82, 2.24) is 0 Å². The van der Waals surface area contributed by atoms with Gasteiger partial charge >= 0.3 is 0 Å². The van der Waals surface area contributed by atoms with E-state index in [1.807, 2.05) is 0 Å². The van der Waals surface area contributed by atoms with Crippen molar-refractivity contribution < 1.29 is 19.2 Å². The molecule has 22 heavy (non-hydrogen) atoms. The van der Waals surface area contributed by atoms with Crippen LogP contribution < -0.4 is 0 Å². The van der Waals surface area contributed by atoms with Crippen molar-refractivity contribution in [3.05, 3.63) is 0 Å². The van der Waals surface area contributed by atoms with Crippen LogP contribution in [0, 0.1) is 0 Å². The van der Waals surface area contributed by atoms with Crippen LogP contribution in [0.3, 0.4) is 0 Å². The Kier molecular flexibility index (Phi) is 14.2. The maximum atomic E-state index is 10.9. The van der Waals surface area contributed by atoms with Gasteiger partial charge in [0.2, 0.25) is 12.2 Å². The van der Waals surface area contributed by atoms with Crippen molar-refractivity contribution in [2.45, 2.75) is 77.0 Å². The second-order valence-electron chi connectivity index (χ2n) is 5.23. The zero-order valence-electron chi connectivity index (χ0n) is 13.0. The predicted octanol–water partition coefficient (Wildman–Crippen LogP) is 3.39. The number of amides is 2. The fraction of sp³-hybridized carbons (Fsp3) is 0.750. The van der Waals surface area contributed by atoms with Crippen molar-refractivity contribution in [2.24, 2.45) is 9.98 Å². The van der Waals surface area contributed by atoms with E-state index in [0.717, 1.165) is 51.4 Å². The van der Waals surface area contributed by atoms with Crippen molar-refractivity contribution in [3.63, 3.8) is 0 Å². The van der Waals surface area contributed by atoms with E-state index in [9.17, 15) is 19.2 Å². The molecule has 0 atom stereocenters. The van der Waals surface area contributed by atoms with E-state index in [1.165, 1.54) is 25.0 Å². The van der Waals surface area contributed by atoms with Gasteiger partial charge in [0.15, 0.2) is 0 Å². The Bertz CT molecular complexity index is 382. The van der Waals surface area contributed by atoms with Crippen LogP contribution in [0.2, 0.25) is 0 Å². The first-order valence-electron chi connectivity index (χ1n) is 7.92. The van der Waals surface area contributed by atoms with Gasteiger partial charge in [0, 0.05) is 12.8 Å². The van der Waals surface area contributed by atoms with Gasteiger partial charge < -0.3 is 0 Å². The Morgan fingerprint density at radius 1 is 0.545 bits per heavy atom. The van der Waals surface area contributed by atoms with Crippen LogP contribution >= 0.6 is 0 Å².